The number of hydrogen-bond donors (Lipinski definition) is 1. The third-order valence-electron chi connectivity index (χ3n) is 5.60. The molecule has 0 bridgehead atoms. The van der Waals surface area contributed by atoms with Gasteiger partial charge in [-0.1, -0.05) is 35.9 Å². The normalized spacial score (nSPS) is 11.0. The molecule has 3 rings (SSSR count). The average Bonchev–Trinajstić information content (AvgIpc) is 2.89. The van der Waals surface area contributed by atoms with Crippen molar-refractivity contribution in [1.82, 2.24) is 4.90 Å². The van der Waals surface area contributed by atoms with Crippen LogP contribution in [-0.4, -0.2) is 51.4 Å². The van der Waals surface area contributed by atoms with Crippen molar-refractivity contribution >= 4 is 44.8 Å². The summed E-state index contributed by atoms with van der Waals surface area (Å²) in [5.74, 6) is -0.538. The molecule has 10 heteroatoms. The van der Waals surface area contributed by atoms with Crippen molar-refractivity contribution in [3.05, 3.63) is 83.4 Å². The second-order valence-corrected chi connectivity index (χ2v) is 10.2. The minimum atomic E-state index is -4.19. The first-order valence-electron chi connectivity index (χ1n) is 11.9. The second kappa shape index (κ2) is 12.6. The van der Waals surface area contributed by atoms with Gasteiger partial charge in [0.25, 0.3) is 15.9 Å². The number of carbonyl (C=O) groups excluding carboxylic acids is 2. The highest BCUT2D eigenvalue weighted by Crippen LogP contribution is 2.33. The van der Waals surface area contributed by atoms with Crippen molar-refractivity contribution in [3.8, 4) is 5.75 Å². The van der Waals surface area contributed by atoms with Gasteiger partial charge in [-0.2, -0.15) is 0 Å². The third-order valence-corrected chi connectivity index (χ3v) is 7.63. The number of rotatable bonds is 11. The summed E-state index contributed by atoms with van der Waals surface area (Å²) in [6, 6.07) is 18.9. The highest BCUT2D eigenvalue weighted by Gasteiger charge is 2.30. The molecule has 0 heterocycles. The van der Waals surface area contributed by atoms with Gasteiger partial charge in [0.05, 0.1) is 28.4 Å². The summed E-state index contributed by atoms with van der Waals surface area (Å²) in [7, 11) is -4.19. The number of sulfonamides is 1. The molecule has 0 radical (unpaired) electrons. The maximum Gasteiger partial charge on any atom is 0.264 e. The summed E-state index contributed by atoms with van der Waals surface area (Å²) in [6.45, 7) is 6.31. The zero-order valence-corrected chi connectivity index (χ0v) is 22.6. The van der Waals surface area contributed by atoms with Gasteiger partial charge in [0.2, 0.25) is 5.91 Å². The lowest BCUT2D eigenvalue weighted by atomic mass is 10.1. The topological polar surface area (TPSA) is 96.0 Å². The maximum absolute atomic E-state index is 13.7. The van der Waals surface area contributed by atoms with E-state index >= 15 is 0 Å². The fourth-order valence-electron chi connectivity index (χ4n) is 3.75. The van der Waals surface area contributed by atoms with Crippen LogP contribution in [-0.2, 0) is 14.8 Å². The smallest absolute Gasteiger partial charge is 0.264 e. The molecule has 0 saturated heterocycles. The zero-order chi connectivity index (χ0) is 27.0. The standard InChI is InChI=1S/C27H30ClN3O5S/c1-4-30(5-2)27(33)22-11-7-8-12-23(22)29-26(32)19-31(24-13-9-10-14-25(24)36-6-3)37(34,35)21-17-15-20(28)16-18-21/h7-18H,4-6,19H2,1-3H3,(H,29,32). The minimum Gasteiger partial charge on any atom is -0.492 e. The summed E-state index contributed by atoms with van der Waals surface area (Å²) < 4.78 is 34.1. The Labute approximate surface area is 222 Å². The Bertz CT molecular complexity index is 1340. The lowest BCUT2D eigenvalue weighted by Crippen LogP contribution is -2.39. The van der Waals surface area contributed by atoms with Gasteiger partial charge in [-0.3, -0.25) is 13.9 Å². The van der Waals surface area contributed by atoms with Crippen LogP contribution in [0.25, 0.3) is 0 Å². The predicted molar refractivity (Wildman–Crippen MR) is 146 cm³/mol. The fourth-order valence-corrected chi connectivity index (χ4v) is 5.31. The van der Waals surface area contributed by atoms with Crippen LogP contribution in [0, 0.1) is 0 Å². The number of para-hydroxylation sites is 3. The first-order chi connectivity index (χ1) is 17.7. The molecule has 196 valence electrons. The van der Waals surface area contributed by atoms with Gasteiger partial charge in [-0.15, -0.1) is 0 Å². The van der Waals surface area contributed by atoms with Gasteiger partial charge in [0.1, 0.15) is 12.3 Å². The van der Waals surface area contributed by atoms with Crippen LogP contribution in [0.2, 0.25) is 5.02 Å². The SMILES string of the molecule is CCOc1ccccc1N(CC(=O)Nc1ccccc1C(=O)N(CC)CC)S(=O)(=O)c1ccc(Cl)cc1. The molecule has 0 fully saturated rings. The van der Waals surface area contributed by atoms with Crippen molar-refractivity contribution in [1.29, 1.82) is 0 Å². The van der Waals surface area contributed by atoms with E-state index in [1.807, 2.05) is 13.8 Å². The molecule has 3 aromatic rings. The molecule has 1 N–H and O–H groups in total. The minimum absolute atomic E-state index is 0.0342. The number of nitrogens with zero attached hydrogens (tertiary/aromatic N) is 2. The summed E-state index contributed by atoms with van der Waals surface area (Å²) in [4.78, 5) is 27.9. The highest BCUT2D eigenvalue weighted by molar-refractivity contribution is 7.92. The third kappa shape index (κ3) is 6.61. The van der Waals surface area contributed by atoms with E-state index in [0.29, 0.717) is 41.7 Å². The summed E-state index contributed by atoms with van der Waals surface area (Å²) >= 11 is 5.96. The molecule has 2 amide bonds. The fraction of sp³-hybridized carbons (Fsp3) is 0.259. The molecule has 0 aromatic heterocycles. The zero-order valence-electron chi connectivity index (χ0n) is 21.0. The quantitative estimate of drug-likeness (QED) is 0.365. The monoisotopic (exact) mass is 543 g/mol. The van der Waals surface area contributed by atoms with Gasteiger partial charge < -0.3 is 15.0 Å². The van der Waals surface area contributed by atoms with E-state index in [1.165, 1.54) is 24.3 Å². The Morgan fingerprint density at radius 2 is 1.51 bits per heavy atom. The number of ether oxygens (including phenoxy) is 1. The van der Waals surface area contributed by atoms with Gasteiger partial charge >= 0.3 is 0 Å². The molecule has 0 aliphatic carbocycles. The number of nitrogens with one attached hydrogen (secondary N) is 1. The van der Waals surface area contributed by atoms with E-state index < -0.39 is 22.5 Å². The van der Waals surface area contributed by atoms with Gasteiger partial charge in [0, 0.05) is 18.1 Å². The molecule has 0 atom stereocenters. The Hall–Kier alpha value is -3.56. The lowest BCUT2D eigenvalue weighted by Gasteiger charge is -2.26. The molecule has 0 aliphatic rings. The molecule has 3 aromatic carbocycles. The van der Waals surface area contributed by atoms with Gasteiger partial charge in [-0.05, 0) is 69.3 Å². The molecule has 0 aliphatic heterocycles. The summed E-state index contributed by atoms with van der Waals surface area (Å²) in [5, 5.41) is 3.11. The maximum atomic E-state index is 13.7. The van der Waals surface area contributed by atoms with Crippen molar-refractivity contribution in [2.45, 2.75) is 25.7 Å². The Balaban J connectivity index is 1.99. The Kier molecular flexibility index (Phi) is 9.54. The molecule has 8 nitrogen and oxygen atoms in total. The molecule has 0 spiro atoms. The van der Waals surface area contributed by atoms with Crippen molar-refractivity contribution in [2.75, 3.05) is 35.9 Å². The number of amides is 2. The first-order valence-corrected chi connectivity index (χ1v) is 13.7. The van der Waals surface area contributed by atoms with E-state index in [0.717, 1.165) is 4.31 Å². The van der Waals surface area contributed by atoms with Gasteiger partial charge in [-0.25, -0.2) is 8.42 Å². The van der Waals surface area contributed by atoms with Crippen LogP contribution in [0.15, 0.2) is 77.7 Å². The molecule has 0 unspecified atom stereocenters. The largest absolute Gasteiger partial charge is 0.492 e. The molecule has 37 heavy (non-hydrogen) atoms. The summed E-state index contributed by atoms with van der Waals surface area (Å²) in [5.41, 5.74) is 0.828. The van der Waals surface area contributed by atoms with Crippen molar-refractivity contribution in [3.63, 3.8) is 0 Å². The number of carbonyl (C=O) groups is 2. The van der Waals surface area contributed by atoms with E-state index in [4.69, 9.17) is 16.3 Å². The Morgan fingerprint density at radius 3 is 2.16 bits per heavy atom. The Morgan fingerprint density at radius 1 is 0.892 bits per heavy atom. The number of halogens is 1. The highest BCUT2D eigenvalue weighted by atomic mass is 35.5. The van der Waals surface area contributed by atoms with Crippen LogP contribution >= 0.6 is 11.6 Å². The molecular weight excluding hydrogens is 514 g/mol. The lowest BCUT2D eigenvalue weighted by molar-refractivity contribution is -0.114. The van der Waals surface area contributed by atoms with Crippen LogP contribution in [0.4, 0.5) is 11.4 Å². The van der Waals surface area contributed by atoms with Gasteiger partial charge in [0.15, 0.2) is 0 Å². The van der Waals surface area contributed by atoms with Crippen molar-refractivity contribution in [2.24, 2.45) is 0 Å². The average molecular weight is 544 g/mol. The van der Waals surface area contributed by atoms with Crippen LogP contribution in [0.3, 0.4) is 0 Å². The summed E-state index contributed by atoms with van der Waals surface area (Å²) in [6.07, 6.45) is 0. The molecular formula is C27H30ClN3O5S. The molecule has 0 saturated carbocycles. The number of hydrogen-bond acceptors (Lipinski definition) is 5. The predicted octanol–water partition coefficient (Wildman–Crippen LogP) is 5.05. The van der Waals surface area contributed by atoms with E-state index in [2.05, 4.69) is 5.32 Å². The number of benzene rings is 3. The second-order valence-electron chi connectivity index (χ2n) is 7.94. The van der Waals surface area contributed by atoms with E-state index in [9.17, 15) is 18.0 Å². The number of anilines is 2. The van der Waals surface area contributed by atoms with Crippen LogP contribution in [0.5, 0.6) is 5.75 Å². The van der Waals surface area contributed by atoms with E-state index in [1.54, 1.807) is 60.4 Å². The van der Waals surface area contributed by atoms with Crippen molar-refractivity contribution < 1.29 is 22.7 Å². The van der Waals surface area contributed by atoms with E-state index in [-0.39, 0.29) is 16.5 Å². The van der Waals surface area contributed by atoms with Crippen LogP contribution < -0.4 is 14.4 Å². The first kappa shape index (κ1) is 28.0. The van der Waals surface area contributed by atoms with Crippen LogP contribution in [0.1, 0.15) is 31.1 Å².